The van der Waals surface area contributed by atoms with Gasteiger partial charge in [-0.2, -0.15) is 10.2 Å². The number of nitrogens with zero attached hydrogens (tertiary/aromatic N) is 8. The van der Waals surface area contributed by atoms with Crippen LogP contribution in [-0.2, 0) is 6.42 Å². The number of hydrogen-bond acceptors (Lipinski definition) is 12. The van der Waals surface area contributed by atoms with Crippen molar-refractivity contribution < 1.29 is 4.74 Å². The molecule has 12 heteroatoms. The van der Waals surface area contributed by atoms with Crippen molar-refractivity contribution in [3.63, 3.8) is 0 Å². The number of hydrogen-bond donors (Lipinski definition) is 2. The predicted octanol–water partition coefficient (Wildman–Crippen LogP) is 5.21. The molecule has 0 atom stereocenters. The minimum absolute atomic E-state index is 0.322. The molecule has 3 heterocycles. The Bertz CT molecular complexity index is 1600. The third-order valence-corrected chi connectivity index (χ3v) is 8.11. The molecule has 0 unspecified atom stereocenters. The summed E-state index contributed by atoms with van der Waals surface area (Å²) in [4.78, 5) is 23.0. The van der Waals surface area contributed by atoms with Crippen LogP contribution < -0.4 is 24.6 Å². The van der Waals surface area contributed by atoms with E-state index in [-0.39, 0.29) is 0 Å². The number of nitriles is 1. The van der Waals surface area contributed by atoms with Gasteiger partial charge in [-0.15, -0.1) is 0 Å². The second-order valence-electron chi connectivity index (χ2n) is 9.94. The van der Waals surface area contributed by atoms with E-state index in [0.29, 0.717) is 23.1 Å². The van der Waals surface area contributed by atoms with E-state index in [9.17, 15) is 5.26 Å². The zero-order chi connectivity index (χ0) is 29.6. The van der Waals surface area contributed by atoms with Crippen LogP contribution in [0.2, 0.25) is 0 Å². The Balaban J connectivity index is 1.49. The molecule has 42 heavy (non-hydrogen) atoms. The lowest BCUT2D eigenvalue weighted by molar-refractivity contribution is 0.312. The standard InChI is InChI=1S/C30H36N10OS/c1-6-20-16-24(26(41-5)17-25(20)40-14-12-38(3)13-15-40)36-30-34-19-21(18-31)29(37-30)35-23-9-8-22-27(33-11-10-32-22)28(23)39(4)42-7-2/h8-11,16-17,19H,6-7,12-15H2,1-5H3,(H2,34,35,36,37). The Labute approximate surface area is 251 Å². The quantitative estimate of drug-likeness (QED) is 0.238. The topological polar surface area (TPSA) is 118 Å². The van der Waals surface area contributed by atoms with E-state index in [1.165, 1.54) is 17.4 Å². The van der Waals surface area contributed by atoms with Crippen LogP contribution in [0, 0.1) is 11.3 Å². The van der Waals surface area contributed by atoms with Gasteiger partial charge in [0.25, 0.3) is 0 Å². The van der Waals surface area contributed by atoms with Crippen molar-refractivity contribution in [1.82, 2.24) is 24.8 Å². The summed E-state index contributed by atoms with van der Waals surface area (Å²) in [6, 6.07) is 10.3. The van der Waals surface area contributed by atoms with Crippen LogP contribution in [0.3, 0.4) is 0 Å². The summed E-state index contributed by atoms with van der Waals surface area (Å²) in [5.41, 5.74) is 6.66. The number of methoxy groups -OCH3 is 1. The van der Waals surface area contributed by atoms with Crippen molar-refractivity contribution in [2.24, 2.45) is 0 Å². The fraction of sp³-hybridized carbons (Fsp3) is 0.367. The number of piperazine rings is 1. The molecular formula is C30H36N10OS. The zero-order valence-corrected chi connectivity index (χ0v) is 25.5. The Kier molecular flexibility index (Phi) is 9.09. The highest BCUT2D eigenvalue weighted by atomic mass is 32.2. The fourth-order valence-electron chi connectivity index (χ4n) is 5.07. The van der Waals surface area contributed by atoms with Gasteiger partial charge in [-0.1, -0.05) is 25.8 Å². The Morgan fingerprint density at radius 2 is 1.83 bits per heavy atom. The zero-order valence-electron chi connectivity index (χ0n) is 24.7. The third kappa shape index (κ3) is 6.12. The molecule has 4 aromatic rings. The molecule has 2 N–H and O–H groups in total. The van der Waals surface area contributed by atoms with Gasteiger partial charge >= 0.3 is 0 Å². The lowest BCUT2D eigenvalue weighted by atomic mass is 10.1. The van der Waals surface area contributed by atoms with Crippen molar-refractivity contribution in [1.29, 1.82) is 5.26 Å². The Hall–Kier alpha value is -4.34. The molecule has 2 aromatic carbocycles. The van der Waals surface area contributed by atoms with Crippen LogP contribution in [0.1, 0.15) is 25.0 Å². The van der Waals surface area contributed by atoms with Gasteiger partial charge in [-0.3, -0.25) is 9.97 Å². The number of anilines is 6. The normalized spacial score (nSPS) is 13.6. The molecule has 1 saturated heterocycles. The lowest BCUT2D eigenvalue weighted by Gasteiger charge is -2.35. The van der Waals surface area contributed by atoms with Gasteiger partial charge in [0.2, 0.25) is 5.95 Å². The van der Waals surface area contributed by atoms with E-state index in [2.05, 4.69) is 78.8 Å². The SMILES string of the molecule is CCSN(C)c1c(Nc2nc(Nc3cc(CC)c(N4CCN(C)CC4)cc3OC)ncc2C#N)ccc2nccnc12. The monoisotopic (exact) mass is 584 g/mol. The van der Waals surface area contributed by atoms with Crippen LogP contribution >= 0.6 is 11.9 Å². The first kappa shape index (κ1) is 29.2. The molecule has 11 nitrogen and oxygen atoms in total. The summed E-state index contributed by atoms with van der Waals surface area (Å²) in [7, 11) is 5.82. The number of nitrogens with one attached hydrogen (secondary N) is 2. The summed E-state index contributed by atoms with van der Waals surface area (Å²) in [5, 5.41) is 16.6. The van der Waals surface area contributed by atoms with Gasteiger partial charge < -0.3 is 29.5 Å². The molecule has 1 fully saturated rings. The summed E-state index contributed by atoms with van der Waals surface area (Å²) in [5.74, 6) is 2.32. The average molecular weight is 585 g/mol. The molecule has 0 radical (unpaired) electrons. The fourth-order valence-corrected chi connectivity index (χ4v) is 5.77. The molecule has 2 aromatic heterocycles. The Morgan fingerprint density at radius 3 is 2.55 bits per heavy atom. The molecule has 0 saturated carbocycles. The summed E-state index contributed by atoms with van der Waals surface area (Å²) in [6.07, 6.45) is 5.76. The van der Waals surface area contributed by atoms with E-state index < -0.39 is 0 Å². The largest absolute Gasteiger partial charge is 0.494 e. The van der Waals surface area contributed by atoms with E-state index in [0.717, 1.165) is 66.4 Å². The number of ether oxygens (including phenoxy) is 1. The van der Waals surface area contributed by atoms with Crippen LogP contribution in [0.25, 0.3) is 11.0 Å². The highest BCUT2D eigenvalue weighted by Crippen LogP contribution is 2.38. The molecule has 5 rings (SSSR count). The van der Waals surface area contributed by atoms with Crippen molar-refractivity contribution in [3.8, 4) is 11.8 Å². The van der Waals surface area contributed by atoms with Gasteiger partial charge in [-0.05, 0) is 37.2 Å². The lowest BCUT2D eigenvalue weighted by Crippen LogP contribution is -2.44. The van der Waals surface area contributed by atoms with E-state index in [1.54, 1.807) is 31.5 Å². The average Bonchev–Trinajstić information content (AvgIpc) is 3.01. The number of rotatable bonds is 10. The smallest absolute Gasteiger partial charge is 0.229 e. The highest BCUT2D eigenvalue weighted by Gasteiger charge is 2.21. The van der Waals surface area contributed by atoms with Crippen molar-refractivity contribution in [2.75, 3.05) is 73.0 Å². The Morgan fingerprint density at radius 1 is 1.05 bits per heavy atom. The number of aromatic nitrogens is 4. The molecule has 0 bridgehead atoms. The van der Waals surface area contributed by atoms with Gasteiger partial charge in [0.05, 0.1) is 35.9 Å². The molecule has 0 spiro atoms. The van der Waals surface area contributed by atoms with E-state index in [4.69, 9.17) is 9.72 Å². The molecular weight excluding hydrogens is 548 g/mol. The first-order valence-electron chi connectivity index (χ1n) is 14.0. The minimum Gasteiger partial charge on any atom is -0.494 e. The van der Waals surface area contributed by atoms with Crippen LogP contribution in [0.4, 0.5) is 34.5 Å². The summed E-state index contributed by atoms with van der Waals surface area (Å²) >= 11 is 1.65. The van der Waals surface area contributed by atoms with Crippen LogP contribution in [0.15, 0.2) is 42.9 Å². The second kappa shape index (κ2) is 13.1. The van der Waals surface area contributed by atoms with E-state index in [1.807, 2.05) is 19.2 Å². The maximum Gasteiger partial charge on any atom is 0.229 e. The molecule has 218 valence electrons. The first-order valence-corrected chi connectivity index (χ1v) is 15.0. The van der Waals surface area contributed by atoms with E-state index >= 15 is 0 Å². The van der Waals surface area contributed by atoms with Crippen molar-refractivity contribution in [2.45, 2.75) is 20.3 Å². The molecule has 0 amide bonds. The first-order chi connectivity index (χ1) is 20.4. The predicted molar refractivity (Wildman–Crippen MR) is 171 cm³/mol. The highest BCUT2D eigenvalue weighted by molar-refractivity contribution is 8.00. The molecule has 0 aliphatic carbocycles. The maximum absolute atomic E-state index is 9.88. The van der Waals surface area contributed by atoms with Crippen LogP contribution in [0.5, 0.6) is 5.75 Å². The minimum atomic E-state index is 0.322. The van der Waals surface area contributed by atoms with Gasteiger partial charge in [0, 0.05) is 63.1 Å². The number of benzene rings is 2. The summed E-state index contributed by atoms with van der Waals surface area (Å²) < 4.78 is 7.86. The summed E-state index contributed by atoms with van der Waals surface area (Å²) in [6.45, 7) is 8.25. The number of aryl methyl sites for hydroxylation is 1. The van der Waals surface area contributed by atoms with Crippen molar-refractivity contribution >= 4 is 57.5 Å². The van der Waals surface area contributed by atoms with Crippen molar-refractivity contribution in [3.05, 3.63) is 54.0 Å². The van der Waals surface area contributed by atoms with Gasteiger partial charge in [0.15, 0.2) is 5.82 Å². The van der Waals surface area contributed by atoms with Gasteiger partial charge in [0.1, 0.15) is 22.9 Å². The number of likely N-dealkylation sites (N-methyl/N-ethyl adjacent to an activating group) is 1. The molecule has 1 aliphatic heterocycles. The molecule has 1 aliphatic rings. The van der Waals surface area contributed by atoms with Gasteiger partial charge in [-0.25, -0.2) is 4.98 Å². The third-order valence-electron chi connectivity index (χ3n) is 7.29. The second-order valence-corrected chi connectivity index (χ2v) is 11.3. The van der Waals surface area contributed by atoms with Crippen LogP contribution in [-0.4, -0.2) is 78.0 Å². The number of fused-ring (bicyclic) bond motifs is 1. The maximum atomic E-state index is 9.88.